The third-order valence-electron chi connectivity index (χ3n) is 2.58. The Morgan fingerprint density at radius 3 is 2.71 bits per heavy atom. The van der Waals surface area contributed by atoms with Crippen molar-refractivity contribution < 1.29 is 19.4 Å². The number of fused-ring (bicyclic) bond motifs is 1. The van der Waals surface area contributed by atoms with Crippen LogP contribution in [0.4, 0.5) is 0 Å². The maximum Gasteiger partial charge on any atom is 0.231 e. The van der Waals surface area contributed by atoms with Crippen LogP contribution in [0.3, 0.4) is 0 Å². The number of alkyl halides is 1. The first-order chi connectivity index (χ1) is 8.22. The number of Topliss-reactive ketones (excluding diaryl/α,β-unsaturated/α-hetero) is 1. The fourth-order valence-corrected chi connectivity index (χ4v) is 2.07. The summed E-state index contributed by atoms with van der Waals surface area (Å²) in [6.07, 6.45) is 2.17. The normalized spacial score (nSPS) is 12.8. The first kappa shape index (κ1) is 12.2. The molecule has 17 heavy (non-hydrogen) atoms. The van der Waals surface area contributed by atoms with E-state index in [9.17, 15) is 9.90 Å². The van der Waals surface area contributed by atoms with E-state index in [0.717, 1.165) is 18.2 Å². The number of ether oxygens (including phenoxy) is 2. The van der Waals surface area contributed by atoms with Crippen molar-refractivity contribution in [2.75, 3.05) is 12.1 Å². The first-order valence-electron chi connectivity index (χ1n) is 5.44. The maximum absolute atomic E-state index is 11.9. The second-order valence-corrected chi connectivity index (χ2v) is 4.58. The highest BCUT2D eigenvalue weighted by molar-refractivity contribution is 9.09. The third-order valence-corrected chi connectivity index (χ3v) is 3.14. The van der Waals surface area contributed by atoms with Crippen molar-refractivity contribution in [3.63, 3.8) is 0 Å². The fourth-order valence-electron chi connectivity index (χ4n) is 1.67. The summed E-state index contributed by atoms with van der Waals surface area (Å²) in [6.45, 7) is 0.135. The number of carbonyl (C=O) groups excluding carboxylic acids is 1. The number of hydrogen-bond donors (Lipinski definition) is 1. The monoisotopic (exact) mass is 300 g/mol. The molecule has 1 N–H and O–H groups in total. The number of benzene rings is 1. The van der Waals surface area contributed by atoms with E-state index in [0.29, 0.717) is 23.5 Å². The van der Waals surface area contributed by atoms with Crippen LogP contribution in [-0.4, -0.2) is 23.0 Å². The number of phenols is 1. The molecule has 1 heterocycles. The van der Waals surface area contributed by atoms with E-state index in [-0.39, 0.29) is 18.3 Å². The predicted octanol–water partition coefficient (Wildman–Crippen LogP) is 2.87. The van der Waals surface area contributed by atoms with Crippen molar-refractivity contribution in [1.29, 1.82) is 0 Å². The summed E-state index contributed by atoms with van der Waals surface area (Å²) >= 11 is 3.31. The van der Waals surface area contributed by atoms with Crippen LogP contribution in [0.1, 0.15) is 29.6 Å². The number of halogens is 1. The van der Waals surface area contributed by atoms with Gasteiger partial charge in [0.2, 0.25) is 6.79 Å². The van der Waals surface area contributed by atoms with Gasteiger partial charge in [0.1, 0.15) is 5.75 Å². The lowest BCUT2D eigenvalue weighted by Gasteiger charge is -2.05. The molecule has 4 nitrogen and oxygen atoms in total. The molecule has 1 aliphatic heterocycles. The van der Waals surface area contributed by atoms with Gasteiger partial charge in [0.15, 0.2) is 17.3 Å². The lowest BCUT2D eigenvalue weighted by Crippen LogP contribution is -2.00. The minimum absolute atomic E-state index is 0.0434. The number of hydrogen-bond acceptors (Lipinski definition) is 4. The van der Waals surface area contributed by atoms with Crippen LogP contribution in [0.2, 0.25) is 0 Å². The molecule has 0 spiro atoms. The summed E-state index contributed by atoms with van der Waals surface area (Å²) in [4.78, 5) is 11.9. The van der Waals surface area contributed by atoms with Crippen LogP contribution < -0.4 is 9.47 Å². The maximum atomic E-state index is 11.9. The summed E-state index contributed by atoms with van der Waals surface area (Å²) in [5, 5.41) is 10.6. The number of aromatic hydroxyl groups is 1. The van der Waals surface area contributed by atoms with E-state index in [1.54, 1.807) is 6.07 Å². The average molecular weight is 301 g/mol. The Balaban J connectivity index is 2.12. The third kappa shape index (κ3) is 2.72. The molecule has 1 aliphatic rings. The van der Waals surface area contributed by atoms with E-state index in [2.05, 4.69) is 15.9 Å². The molecule has 1 aromatic rings. The standard InChI is InChI=1S/C12H13BrO4/c13-4-2-1-3-9(14)8-5-11-12(6-10(8)15)17-7-16-11/h5-6,15H,1-4,7H2. The van der Waals surface area contributed by atoms with Gasteiger partial charge in [-0.15, -0.1) is 0 Å². The lowest BCUT2D eigenvalue weighted by atomic mass is 10.0. The van der Waals surface area contributed by atoms with Crippen LogP contribution in [0.5, 0.6) is 17.2 Å². The highest BCUT2D eigenvalue weighted by Crippen LogP contribution is 2.38. The number of carbonyl (C=O) groups is 1. The summed E-state index contributed by atoms with van der Waals surface area (Å²) in [5.41, 5.74) is 0.309. The quantitative estimate of drug-likeness (QED) is 0.516. The Labute approximate surface area is 108 Å². The SMILES string of the molecule is O=C(CCCCBr)c1cc2c(cc1O)OCO2. The molecule has 0 unspecified atom stereocenters. The zero-order valence-corrected chi connectivity index (χ0v) is 10.8. The molecule has 0 aliphatic carbocycles. The molecule has 1 aromatic carbocycles. The zero-order chi connectivity index (χ0) is 12.3. The highest BCUT2D eigenvalue weighted by atomic mass is 79.9. The summed E-state index contributed by atoms with van der Waals surface area (Å²) in [5.74, 6) is 0.894. The molecule has 0 amide bonds. The largest absolute Gasteiger partial charge is 0.507 e. The molecule has 2 rings (SSSR count). The van der Waals surface area contributed by atoms with Gasteiger partial charge in [-0.2, -0.15) is 0 Å². The Bertz CT molecular complexity index is 431. The van der Waals surface area contributed by atoms with Gasteiger partial charge < -0.3 is 14.6 Å². The van der Waals surface area contributed by atoms with Crippen LogP contribution in [0.15, 0.2) is 12.1 Å². The van der Waals surface area contributed by atoms with Crippen LogP contribution in [0, 0.1) is 0 Å². The summed E-state index contributed by atoms with van der Waals surface area (Å²) < 4.78 is 10.3. The number of rotatable bonds is 5. The Hall–Kier alpha value is -1.23. The van der Waals surface area contributed by atoms with Gasteiger partial charge >= 0.3 is 0 Å². The molecule has 0 radical (unpaired) electrons. The van der Waals surface area contributed by atoms with Gasteiger partial charge in [0, 0.05) is 17.8 Å². The van der Waals surface area contributed by atoms with Crippen LogP contribution >= 0.6 is 15.9 Å². The van der Waals surface area contributed by atoms with Crippen molar-refractivity contribution >= 4 is 21.7 Å². The van der Waals surface area contributed by atoms with E-state index in [1.165, 1.54) is 6.07 Å². The van der Waals surface area contributed by atoms with E-state index >= 15 is 0 Å². The average Bonchev–Trinajstić information content (AvgIpc) is 2.75. The van der Waals surface area contributed by atoms with Crippen LogP contribution in [-0.2, 0) is 0 Å². The molecular weight excluding hydrogens is 288 g/mol. The molecule has 0 aromatic heterocycles. The van der Waals surface area contributed by atoms with Gasteiger partial charge in [-0.1, -0.05) is 15.9 Å². The molecule has 0 bridgehead atoms. The van der Waals surface area contributed by atoms with Crippen molar-refractivity contribution in [2.24, 2.45) is 0 Å². The zero-order valence-electron chi connectivity index (χ0n) is 9.24. The second kappa shape index (κ2) is 5.40. The highest BCUT2D eigenvalue weighted by Gasteiger charge is 2.20. The van der Waals surface area contributed by atoms with E-state index in [1.807, 2.05) is 0 Å². The predicted molar refractivity (Wildman–Crippen MR) is 66.2 cm³/mol. The Morgan fingerprint density at radius 2 is 2.00 bits per heavy atom. The smallest absolute Gasteiger partial charge is 0.231 e. The number of ketones is 1. The van der Waals surface area contributed by atoms with Gasteiger partial charge in [0.05, 0.1) is 5.56 Å². The molecule has 0 atom stereocenters. The second-order valence-electron chi connectivity index (χ2n) is 3.79. The Morgan fingerprint density at radius 1 is 1.29 bits per heavy atom. The number of unbranched alkanes of at least 4 members (excludes halogenated alkanes) is 1. The molecular formula is C12H13BrO4. The Kier molecular flexibility index (Phi) is 3.89. The van der Waals surface area contributed by atoms with Crippen molar-refractivity contribution in [1.82, 2.24) is 0 Å². The van der Waals surface area contributed by atoms with Gasteiger partial charge in [-0.3, -0.25) is 4.79 Å². The lowest BCUT2D eigenvalue weighted by molar-refractivity contribution is 0.0977. The van der Waals surface area contributed by atoms with E-state index < -0.39 is 0 Å². The van der Waals surface area contributed by atoms with E-state index in [4.69, 9.17) is 9.47 Å². The molecule has 0 fully saturated rings. The molecule has 5 heteroatoms. The molecule has 92 valence electrons. The summed E-state index contributed by atoms with van der Waals surface area (Å²) in [6, 6.07) is 2.98. The summed E-state index contributed by atoms with van der Waals surface area (Å²) in [7, 11) is 0. The molecule has 0 saturated carbocycles. The minimum atomic E-state index is -0.0678. The number of phenolic OH excluding ortho intramolecular Hbond substituents is 1. The first-order valence-corrected chi connectivity index (χ1v) is 6.56. The van der Waals surface area contributed by atoms with Gasteiger partial charge in [-0.05, 0) is 18.9 Å². The van der Waals surface area contributed by atoms with Crippen molar-refractivity contribution in [2.45, 2.75) is 19.3 Å². The fraction of sp³-hybridized carbons (Fsp3) is 0.417. The van der Waals surface area contributed by atoms with Crippen LogP contribution in [0.25, 0.3) is 0 Å². The van der Waals surface area contributed by atoms with Crippen molar-refractivity contribution in [3.05, 3.63) is 17.7 Å². The molecule has 0 saturated heterocycles. The minimum Gasteiger partial charge on any atom is -0.507 e. The van der Waals surface area contributed by atoms with Gasteiger partial charge in [-0.25, -0.2) is 0 Å². The topological polar surface area (TPSA) is 55.8 Å². The van der Waals surface area contributed by atoms with Crippen molar-refractivity contribution in [3.8, 4) is 17.2 Å². The van der Waals surface area contributed by atoms with Gasteiger partial charge in [0.25, 0.3) is 0 Å².